The van der Waals surface area contributed by atoms with Crippen LogP contribution in [0.15, 0.2) is 12.1 Å². The fourth-order valence-electron chi connectivity index (χ4n) is 3.78. The molecule has 2 aliphatic carbocycles. The van der Waals surface area contributed by atoms with E-state index in [2.05, 4.69) is 11.3 Å². The summed E-state index contributed by atoms with van der Waals surface area (Å²) in [7, 11) is 1.52. The summed E-state index contributed by atoms with van der Waals surface area (Å²) in [6, 6.07) is 3.36. The maximum atomic E-state index is 12.7. The maximum Gasteiger partial charge on any atom is 0.146 e. The van der Waals surface area contributed by atoms with Crippen molar-refractivity contribution in [1.29, 1.82) is 0 Å². The SMILES string of the molecule is COc1cc(C#CCl)cc(Cl)c1C1C(=O)C2CCC(C2)C1O. The van der Waals surface area contributed by atoms with Gasteiger partial charge in [-0.3, -0.25) is 4.79 Å². The Bertz CT molecular complexity index is 674. The van der Waals surface area contributed by atoms with E-state index in [4.69, 9.17) is 27.9 Å². The molecule has 2 aliphatic rings. The molecule has 3 rings (SSSR count). The molecular weight excluding hydrogens is 323 g/mol. The molecule has 0 aromatic heterocycles. The van der Waals surface area contributed by atoms with Crippen LogP contribution in [0, 0.1) is 23.1 Å². The quantitative estimate of drug-likeness (QED) is 0.841. The van der Waals surface area contributed by atoms with Crippen LogP contribution in [0.25, 0.3) is 0 Å². The van der Waals surface area contributed by atoms with Crippen molar-refractivity contribution in [1.82, 2.24) is 0 Å². The van der Waals surface area contributed by atoms with E-state index < -0.39 is 12.0 Å². The number of carbonyl (C=O) groups excluding carboxylic acids is 1. The number of rotatable bonds is 2. The van der Waals surface area contributed by atoms with Crippen molar-refractivity contribution in [2.45, 2.75) is 31.3 Å². The van der Waals surface area contributed by atoms with E-state index in [0.29, 0.717) is 21.9 Å². The van der Waals surface area contributed by atoms with E-state index in [1.807, 2.05) is 0 Å². The first-order valence-electron chi connectivity index (χ1n) is 7.27. The lowest BCUT2D eigenvalue weighted by Crippen LogP contribution is -2.38. The van der Waals surface area contributed by atoms with Gasteiger partial charge in [0.25, 0.3) is 0 Å². The van der Waals surface area contributed by atoms with Crippen molar-refractivity contribution in [3.8, 4) is 17.0 Å². The summed E-state index contributed by atoms with van der Waals surface area (Å²) in [4.78, 5) is 12.7. The third-order valence-corrected chi connectivity index (χ3v) is 5.23. The van der Waals surface area contributed by atoms with Gasteiger partial charge in [0.1, 0.15) is 11.5 Å². The lowest BCUT2D eigenvalue weighted by atomic mass is 9.74. The first kappa shape index (κ1) is 15.7. The molecule has 0 radical (unpaired) electrons. The molecule has 1 aromatic carbocycles. The Balaban J connectivity index is 2.10. The van der Waals surface area contributed by atoms with Crippen LogP contribution in [-0.4, -0.2) is 24.1 Å². The predicted molar refractivity (Wildman–Crippen MR) is 85.3 cm³/mol. The van der Waals surface area contributed by atoms with Gasteiger partial charge in [-0.25, -0.2) is 0 Å². The average molecular weight is 339 g/mol. The zero-order valence-electron chi connectivity index (χ0n) is 12.1. The Hall–Kier alpha value is -1.21. The molecule has 22 heavy (non-hydrogen) atoms. The molecule has 1 N–H and O–H groups in total. The molecule has 0 spiro atoms. The summed E-state index contributed by atoms with van der Waals surface area (Å²) in [6.45, 7) is 0. The van der Waals surface area contributed by atoms with Crippen LogP contribution in [0.2, 0.25) is 5.02 Å². The molecule has 116 valence electrons. The molecule has 0 amide bonds. The Morgan fingerprint density at radius 1 is 1.36 bits per heavy atom. The predicted octanol–water partition coefficient (Wildman–Crippen LogP) is 3.34. The molecule has 0 saturated heterocycles. The van der Waals surface area contributed by atoms with Crippen LogP contribution in [0.4, 0.5) is 0 Å². The van der Waals surface area contributed by atoms with Crippen LogP contribution < -0.4 is 4.74 Å². The van der Waals surface area contributed by atoms with Crippen molar-refractivity contribution >= 4 is 29.0 Å². The third kappa shape index (κ3) is 2.50. The van der Waals surface area contributed by atoms with E-state index in [1.54, 1.807) is 12.1 Å². The number of hydrogen-bond acceptors (Lipinski definition) is 3. The lowest BCUT2D eigenvalue weighted by molar-refractivity contribution is -0.130. The second-order valence-corrected chi connectivity index (χ2v) is 6.53. The summed E-state index contributed by atoms with van der Waals surface area (Å²) in [5, 5.41) is 13.3. The highest BCUT2D eigenvalue weighted by Gasteiger charge is 2.48. The number of aliphatic hydroxyl groups is 1. The number of carbonyl (C=O) groups is 1. The highest BCUT2D eigenvalue weighted by atomic mass is 35.5. The molecule has 1 aromatic rings. The van der Waals surface area contributed by atoms with Gasteiger partial charge in [-0.2, -0.15) is 0 Å². The second kappa shape index (κ2) is 6.12. The van der Waals surface area contributed by atoms with Gasteiger partial charge in [-0.15, -0.1) is 0 Å². The number of halogens is 2. The van der Waals surface area contributed by atoms with Crippen LogP contribution >= 0.6 is 23.2 Å². The van der Waals surface area contributed by atoms with Crippen molar-refractivity contribution in [3.05, 3.63) is 28.3 Å². The van der Waals surface area contributed by atoms with Gasteiger partial charge in [0.05, 0.1) is 19.1 Å². The number of aliphatic hydroxyl groups excluding tert-OH is 1. The van der Waals surface area contributed by atoms with Gasteiger partial charge in [0, 0.05) is 27.4 Å². The normalized spacial score (nSPS) is 29.9. The van der Waals surface area contributed by atoms with Gasteiger partial charge >= 0.3 is 0 Å². The summed E-state index contributed by atoms with van der Waals surface area (Å²) >= 11 is 11.8. The minimum atomic E-state index is -0.706. The number of benzene rings is 1. The van der Waals surface area contributed by atoms with Gasteiger partial charge < -0.3 is 9.84 Å². The maximum absolute atomic E-state index is 12.7. The number of ether oxygens (including phenoxy) is 1. The van der Waals surface area contributed by atoms with Crippen LogP contribution in [0.5, 0.6) is 5.75 Å². The lowest BCUT2D eigenvalue weighted by Gasteiger charge is -2.33. The molecule has 2 saturated carbocycles. The summed E-state index contributed by atoms with van der Waals surface area (Å²) in [5.74, 6) is 2.82. The minimum Gasteiger partial charge on any atom is -0.496 e. The molecule has 4 atom stereocenters. The highest BCUT2D eigenvalue weighted by Crippen LogP contribution is 2.49. The van der Waals surface area contributed by atoms with Gasteiger partial charge in [0.15, 0.2) is 0 Å². The summed E-state index contributed by atoms with van der Waals surface area (Å²) in [6.07, 6.45) is 1.82. The zero-order valence-corrected chi connectivity index (χ0v) is 13.6. The summed E-state index contributed by atoms with van der Waals surface area (Å²) < 4.78 is 5.40. The van der Waals surface area contributed by atoms with E-state index in [0.717, 1.165) is 19.3 Å². The third-order valence-electron chi connectivity index (χ3n) is 4.82. The van der Waals surface area contributed by atoms with E-state index >= 15 is 0 Å². The first-order chi connectivity index (χ1) is 10.6. The van der Waals surface area contributed by atoms with E-state index in [9.17, 15) is 9.90 Å². The standard InChI is InChI=1S/C17H16Cl2O3/c1-22-13-7-9(4-5-18)6-12(19)14(13)15-16(20)10-2-3-11(8-10)17(15)21/h6-7,10-11,15-16,20H,2-3,8H2,1H3. The molecule has 0 aliphatic heterocycles. The average Bonchev–Trinajstić information content (AvgIpc) is 2.94. The molecule has 5 heteroatoms. The van der Waals surface area contributed by atoms with Gasteiger partial charge in [-0.05, 0) is 54.8 Å². The molecule has 0 heterocycles. The largest absolute Gasteiger partial charge is 0.496 e. The molecular formula is C17H16Cl2O3. The van der Waals surface area contributed by atoms with Crippen LogP contribution in [0.3, 0.4) is 0 Å². The van der Waals surface area contributed by atoms with Crippen molar-refractivity contribution in [2.75, 3.05) is 7.11 Å². The number of fused-ring (bicyclic) bond motifs is 2. The van der Waals surface area contributed by atoms with Crippen molar-refractivity contribution in [3.63, 3.8) is 0 Å². The number of ketones is 1. The fraction of sp³-hybridized carbons (Fsp3) is 0.471. The highest BCUT2D eigenvalue weighted by molar-refractivity contribution is 6.32. The molecule has 3 nitrogen and oxygen atoms in total. The molecule has 2 fully saturated rings. The zero-order chi connectivity index (χ0) is 15.9. The molecule has 2 bridgehead atoms. The Kier molecular flexibility index (Phi) is 4.36. The van der Waals surface area contributed by atoms with E-state index in [-0.39, 0.29) is 17.6 Å². The monoisotopic (exact) mass is 338 g/mol. The van der Waals surface area contributed by atoms with Crippen molar-refractivity contribution < 1.29 is 14.6 Å². The van der Waals surface area contributed by atoms with E-state index in [1.165, 1.54) is 7.11 Å². The Labute approximate surface area is 139 Å². The summed E-state index contributed by atoms with van der Waals surface area (Å²) in [5.41, 5.74) is 1.18. The minimum absolute atomic E-state index is 0.0292. The number of hydrogen-bond donors (Lipinski definition) is 1. The van der Waals surface area contributed by atoms with Gasteiger partial charge in [0.2, 0.25) is 0 Å². The number of methoxy groups -OCH3 is 1. The smallest absolute Gasteiger partial charge is 0.146 e. The van der Waals surface area contributed by atoms with Gasteiger partial charge in [-0.1, -0.05) is 11.6 Å². The second-order valence-electron chi connectivity index (χ2n) is 5.93. The topological polar surface area (TPSA) is 46.5 Å². The molecule has 4 unspecified atom stereocenters. The van der Waals surface area contributed by atoms with Crippen LogP contribution in [0.1, 0.15) is 36.3 Å². The number of Topliss-reactive ketones (excluding diaryl/α,β-unsaturated/α-hetero) is 1. The first-order valence-corrected chi connectivity index (χ1v) is 8.03. The van der Waals surface area contributed by atoms with Crippen molar-refractivity contribution in [2.24, 2.45) is 11.8 Å². The van der Waals surface area contributed by atoms with Crippen LogP contribution in [-0.2, 0) is 4.79 Å². The Morgan fingerprint density at radius 2 is 2.14 bits per heavy atom. The Morgan fingerprint density at radius 3 is 2.82 bits per heavy atom. The fourth-order valence-corrected chi connectivity index (χ4v) is 4.22.